The molecule has 0 unspecified atom stereocenters. The molecule has 7 nitrogen and oxygen atoms in total. The quantitative estimate of drug-likeness (QED) is 0.759. The number of benzene rings is 1. The van der Waals surface area contributed by atoms with Crippen LogP contribution in [0.2, 0.25) is 0 Å². The first-order valence-electron chi connectivity index (χ1n) is 7.93. The van der Waals surface area contributed by atoms with Crippen LogP contribution in [0.4, 0.5) is 5.13 Å². The molecule has 0 fully saturated rings. The van der Waals surface area contributed by atoms with E-state index in [9.17, 15) is 9.59 Å². The number of aromatic nitrogens is 4. The van der Waals surface area contributed by atoms with Gasteiger partial charge in [0.05, 0.1) is 5.69 Å². The Labute approximate surface area is 148 Å². The highest BCUT2D eigenvalue weighted by molar-refractivity contribution is 7.15. The lowest BCUT2D eigenvalue weighted by Gasteiger charge is -2.07. The molecule has 2 aromatic heterocycles. The number of aryl methyl sites for hydroxylation is 2. The van der Waals surface area contributed by atoms with E-state index in [1.807, 2.05) is 31.2 Å². The highest BCUT2D eigenvalue weighted by atomic mass is 32.1. The molecule has 128 valence electrons. The van der Waals surface area contributed by atoms with Crippen LogP contribution in [0.5, 0.6) is 0 Å². The number of rotatable bonds is 5. The van der Waals surface area contributed by atoms with Crippen molar-refractivity contribution in [3.63, 3.8) is 0 Å². The van der Waals surface area contributed by atoms with E-state index < -0.39 is 11.3 Å². The first kappa shape index (κ1) is 17.0. The van der Waals surface area contributed by atoms with E-state index in [1.165, 1.54) is 27.6 Å². The third-order valence-electron chi connectivity index (χ3n) is 3.62. The van der Waals surface area contributed by atoms with Gasteiger partial charge in [-0.2, -0.15) is 5.10 Å². The van der Waals surface area contributed by atoms with Gasteiger partial charge in [0.2, 0.25) is 10.6 Å². The van der Waals surface area contributed by atoms with Crippen LogP contribution < -0.4 is 10.7 Å². The van der Waals surface area contributed by atoms with Crippen LogP contribution in [0.25, 0.3) is 5.69 Å². The minimum atomic E-state index is -0.594. The molecule has 8 heteroatoms. The number of carbonyl (C=O) groups is 1. The van der Waals surface area contributed by atoms with E-state index in [0.717, 1.165) is 23.5 Å². The third kappa shape index (κ3) is 3.80. The van der Waals surface area contributed by atoms with Gasteiger partial charge in [-0.1, -0.05) is 37.3 Å². The van der Waals surface area contributed by atoms with Crippen molar-refractivity contribution in [1.29, 1.82) is 0 Å². The zero-order chi connectivity index (χ0) is 17.8. The fourth-order valence-electron chi connectivity index (χ4n) is 2.20. The predicted octanol–water partition coefficient (Wildman–Crippen LogP) is 2.46. The molecular formula is C17H17N5O2S. The molecule has 0 bridgehead atoms. The Kier molecular flexibility index (Phi) is 4.99. The number of hydrogen-bond acceptors (Lipinski definition) is 6. The average Bonchev–Trinajstić information content (AvgIpc) is 3.09. The van der Waals surface area contributed by atoms with Crippen molar-refractivity contribution in [3.05, 3.63) is 63.0 Å². The monoisotopic (exact) mass is 355 g/mol. The first-order valence-corrected chi connectivity index (χ1v) is 8.75. The van der Waals surface area contributed by atoms with Crippen LogP contribution in [-0.4, -0.2) is 25.9 Å². The Hall–Kier alpha value is -2.87. The first-order chi connectivity index (χ1) is 12.1. The summed E-state index contributed by atoms with van der Waals surface area (Å²) in [5, 5.41) is 15.7. The van der Waals surface area contributed by atoms with Gasteiger partial charge < -0.3 is 0 Å². The second-order valence-electron chi connectivity index (χ2n) is 5.30. The maximum absolute atomic E-state index is 12.4. The number of anilines is 1. The Morgan fingerprint density at radius 1 is 1.12 bits per heavy atom. The number of nitrogens with one attached hydrogen (secondary N) is 1. The number of amides is 1. The van der Waals surface area contributed by atoms with E-state index in [1.54, 1.807) is 6.20 Å². The largest absolute Gasteiger partial charge is 0.295 e. The zero-order valence-corrected chi connectivity index (χ0v) is 14.7. The molecule has 0 spiro atoms. The van der Waals surface area contributed by atoms with Crippen molar-refractivity contribution in [1.82, 2.24) is 20.0 Å². The van der Waals surface area contributed by atoms with E-state index >= 15 is 0 Å². The molecule has 3 aromatic rings. The normalized spacial score (nSPS) is 10.6. The van der Waals surface area contributed by atoms with Crippen molar-refractivity contribution in [3.8, 4) is 5.69 Å². The van der Waals surface area contributed by atoms with E-state index in [-0.39, 0.29) is 5.69 Å². The molecule has 25 heavy (non-hydrogen) atoms. The number of nitrogens with zero attached hydrogens (tertiary/aromatic N) is 4. The van der Waals surface area contributed by atoms with Gasteiger partial charge in [0, 0.05) is 12.3 Å². The molecule has 0 saturated carbocycles. The molecule has 1 amide bonds. The lowest BCUT2D eigenvalue weighted by atomic mass is 10.1. The molecule has 0 saturated heterocycles. The van der Waals surface area contributed by atoms with Crippen LogP contribution in [-0.2, 0) is 12.8 Å². The summed E-state index contributed by atoms with van der Waals surface area (Å²) in [6.07, 6.45) is 3.21. The molecule has 3 rings (SSSR count). The maximum Gasteiger partial charge on any atom is 0.282 e. The topological polar surface area (TPSA) is 89.8 Å². The molecule has 0 aliphatic heterocycles. The van der Waals surface area contributed by atoms with Gasteiger partial charge in [0.25, 0.3) is 5.91 Å². The van der Waals surface area contributed by atoms with Gasteiger partial charge in [-0.3, -0.25) is 14.9 Å². The van der Waals surface area contributed by atoms with Crippen LogP contribution in [0, 0.1) is 0 Å². The van der Waals surface area contributed by atoms with Crippen molar-refractivity contribution in [2.24, 2.45) is 0 Å². The second-order valence-corrected chi connectivity index (χ2v) is 6.36. The fourth-order valence-corrected chi connectivity index (χ4v) is 2.87. The molecule has 0 atom stereocenters. The average molecular weight is 355 g/mol. The molecule has 0 aliphatic rings. The minimum Gasteiger partial charge on any atom is -0.295 e. The molecule has 2 heterocycles. The molecule has 1 N–H and O–H groups in total. The number of carbonyl (C=O) groups excluding carboxylic acids is 1. The Balaban J connectivity index is 1.87. The summed E-state index contributed by atoms with van der Waals surface area (Å²) in [4.78, 5) is 24.4. The minimum absolute atomic E-state index is 0.185. The summed E-state index contributed by atoms with van der Waals surface area (Å²) < 4.78 is 1.51. The molecule has 1 aromatic carbocycles. The van der Waals surface area contributed by atoms with Gasteiger partial charge in [0.15, 0.2) is 5.69 Å². The smallest absolute Gasteiger partial charge is 0.282 e. The summed E-state index contributed by atoms with van der Waals surface area (Å²) in [5.74, 6) is -0.594. The highest BCUT2D eigenvalue weighted by Gasteiger charge is 2.15. The van der Waals surface area contributed by atoms with E-state index in [0.29, 0.717) is 5.13 Å². The summed E-state index contributed by atoms with van der Waals surface area (Å²) >= 11 is 1.28. The van der Waals surface area contributed by atoms with Crippen molar-refractivity contribution in [2.45, 2.75) is 26.7 Å². The van der Waals surface area contributed by atoms with Gasteiger partial charge in [-0.15, -0.1) is 10.2 Å². The second kappa shape index (κ2) is 7.35. The Morgan fingerprint density at radius 3 is 2.52 bits per heavy atom. The third-order valence-corrected chi connectivity index (χ3v) is 4.61. The molecule has 0 radical (unpaired) electrons. The van der Waals surface area contributed by atoms with Crippen LogP contribution in [0.3, 0.4) is 0 Å². The van der Waals surface area contributed by atoms with Gasteiger partial charge >= 0.3 is 0 Å². The summed E-state index contributed by atoms with van der Waals surface area (Å²) in [6, 6.07) is 9.10. The van der Waals surface area contributed by atoms with Crippen LogP contribution in [0.1, 0.15) is 34.9 Å². The standard InChI is InChI=1S/C17H17N5O2S/c1-3-11-5-7-12(8-6-11)22-10-9-13(23)15(21-22)16(24)18-17-20-19-14(4-2)25-17/h5-10H,3-4H2,1-2H3,(H,18,20,24). The van der Waals surface area contributed by atoms with Crippen molar-refractivity contribution in [2.75, 3.05) is 5.32 Å². The lowest BCUT2D eigenvalue weighted by molar-refractivity contribution is 0.101. The zero-order valence-electron chi connectivity index (χ0n) is 13.9. The lowest BCUT2D eigenvalue weighted by Crippen LogP contribution is -2.25. The summed E-state index contributed by atoms with van der Waals surface area (Å²) in [7, 11) is 0. The SMILES string of the molecule is CCc1ccc(-n2ccc(=O)c(C(=O)Nc3nnc(CC)s3)n2)cc1. The number of hydrogen-bond donors (Lipinski definition) is 1. The van der Waals surface area contributed by atoms with Crippen molar-refractivity contribution >= 4 is 22.4 Å². The predicted molar refractivity (Wildman–Crippen MR) is 96.5 cm³/mol. The van der Waals surface area contributed by atoms with Crippen LogP contribution in [0.15, 0.2) is 41.3 Å². The van der Waals surface area contributed by atoms with Crippen molar-refractivity contribution < 1.29 is 4.79 Å². The maximum atomic E-state index is 12.4. The van der Waals surface area contributed by atoms with Gasteiger partial charge in [0.1, 0.15) is 5.01 Å². The van der Waals surface area contributed by atoms with Crippen LogP contribution >= 0.6 is 11.3 Å². The van der Waals surface area contributed by atoms with E-state index in [4.69, 9.17) is 0 Å². The van der Waals surface area contributed by atoms with Gasteiger partial charge in [-0.05, 0) is 30.5 Å². The molecule has 0 aliphatic carbocycles. The van der Waals surface area contributed by atoms with E-state index in [2.05, 4.69) is 27.5 Å². The van der Waals surface area contributed by atoms with Gasteiger partial charge in [-0.25, -0.2) is 4.68 Å². The Morgan fingerprint density at radius 2 is 1.88 bits per heavy atom. The molecular weight excluding hydrogens is 338 g/mol. The summed E-state index contributed by atoms with van der Waals surface area (Å²) in [5.41, 5.74) is 1.34. The Bertz CT molecular complexity index is 946. The highest BCUT2D eigenvalue weighted by Crippen LogP contribution is 2.16. The summed E-state index contributed by atoms with van der Waals surface area (Å²) in [6.45, 7) is 4.03. The fraction of sp³-hybridized carbons (Fsp3) is 0.235.